The van der Waals surface area contributed by atoms with Crippen LogP contribution in [0.4, 0.5) is 0 Å². The van der Waals surface area contributed by atoms with E-state index in [0.717, 1.165) is 24.8 Å². The van der Waals surface area contributed by atoms with E-state index >= 15 is 0 Å². The Hall–Kier alpha value is -1.66. The second-order valence-corrected chi connectivity index (χ2v) is 9.14. The predicted octanol–water partition coefficient (Wildman–Crippen LogP) is 2.88. The summed E-state index contributed by atoms with van der Waals surface area (Å²) in [6, 6.07) is 0. The maximum Gasteiger partial charge on any atom is 0.338 e. The van der Waals surface area contributed by atoms with Crippen molar-refractivity contribution in [3.05, 3.63) is 23.5 Å². The fourth-order valence-electron chi connectivity index (χ4n) is 5.95. The second-order valence-electron chi connectivity index (χ2n) is 9.14. The van der Waals surface area contributed by atoms with Gasteiger partial charge in [0.15, 0.2) is 5.76 Å². The number of esters is 2. The van der Waals surface area contributed by atoms with Crippen molar-refractivity contribution < 1.29 is 29.3 Å². The Morgan fingerprint density at radius 1 is 1.36 bits per heavy atom. The molecule has 6 heteroatoms. The summed E-state index contributed by atoms with van der Waals surface area (Å²) in [5.74, 6) is -0.204. The number of hydrogen-bond acceptors (Lipinski definition) is 6. The van der Waals surface area contributed by atoms with Gasteiger partial charge in [0.2, 0.25) is 0 Å². The first kappa shape index (κ1) is 21.1. The molecule has 3 aliphatic rings. The van der Waals surface area contributed by atoms with Crippen molar-refractivity contribution in [1.82, 2.24) is 0 Å². The van der Waals surface area contributed by atoms with E-state index in [-0.39, 0.29) is 30.5 Å². The number of rotatable bonds is 5. The van der Waals surface area contributed by atoms with Crippen molar-refractivity contribution in [1.29, 1.82) is 0 Å². The molecule has 5 atom stereocenters. The SMILES string of the molecule is C=C1CC[C@@H]2[C@](C)(CO)[C@H](O)CC[C@@]2(C)[C@@H]1CCC1=C(OC(C)=O)COC1=O. The maximum absolute atomic E-state index is 12.1. The Labute approximate surface area is 166 Å². The average Bonchev–Trinajstić information content (AvgIpc) is 2.97. The van der Waals surface area contributed by atoms with Gasteiger partial charge in [0, 0.05) is 12.3 Å². The first-order chi connectivity index (χ1) is 13.1. The van der Waals surface area contributed by atoms with E-state index < -0.39 is 23.5 Å². The molecule has 0 radical (unpaired) electrons. The zero-order valence-electron chi connectivity index (χ0n) is 17.1. The fraction of sp³-hybridized carbons (Fsp3) is 0.727. The highest BCUT2D eigenvalue weighted by molar-refractivity contribution is 5.91. The number of aliphatic hydroxyl groups excluding tert-OH is 2. The highest BCUT2D eigenvalue weighted by Gasteiger charge is 2.57. The van der Waals surface area contributed by atoms with Gasteiger partial charge in [-0.1, -0.05) is 26.0 Å². The van der Waals surface area contributed by atoms with E-state index in [2.05, 4.69) is 13.5 Å². The number of cyclic esters (lactones) is 1. The standard InChI is InChI=1S/C22H32O6/c1-13-5-8-18-21(3,10-9-19(25)22(18,4)12-23)16(13)7-6-15-17(28-14(2)24)11-27-20(15)26/h16,18-19,23,25H,1,5-12H2,2-4H3/t16-,18+,19-,21+,22+/m1/s1. The molecule has 0 aromatic carbocycles. The lowest BCUT2D eigenvalue weighted by molar-refractivity contribution is -0.152. The number of fused-ring (bicyclic) bond motifs is 1. The molecule has 0 saturated heterocycles. The summed E-state index contributed by atoms with van der Waals surface area (Å²) in [4.78, 5) is 23.4. The van der Waals surface area contributed by atoms with E-state index in [1.54, 1.807) is 0 Å². The molecule has 0 unspecified atom stereocenters. The highest BCUT2D eigenvalue weighted by atomic mass is 16.6. The first-order valence-electron chi connectivity index (χ1n) is 10.2. The molecule has 6 nitrogen and oxygen atoms in total. The molecule has 0 aromatic heterocycles. The summed E-state index contributed by atoms with van der Waals surface area (Å²) in [5.41, 5.74) is 0.975. The molecule has 1 aliphatic heterocycles. The number of ether oxygens (including phenoxy) is 2. The third-order valence-corrected chi connectivity index (χ3v) is 7.56. The van der Waals surface area contributed by atoms with Crippen LogP contribution >= 0.6 is 0 Å². The van der Waals surface area contributed by atoms with Crippen molar-refractivity contribution in [2.24, 2.45) is 22.7 Å². The van der Waals surface area contributed by atoms with Crippen molar-refractivity contribution in [2.75, 3.05) is 13.2 Å². The van der Waals surface area contributed by atoms with Crippen LogP contribution in [0.2, 0.25) is 0 Å². The summed E-state index contributed by atoms with van der Waals surface area (Å²) < 4.78 is 10.2. The van der Waals surface area contributed by atoms with Crippen molar-refractivity contribution in [3.63, 3.8) is 0 Å². The highest BCUT2D eigenvalue weighted by Crippen LogP contribution is 2.61. The molecule has 2 aliphatic carbocycles. The van der Waals surface area contributed by atoms with Gasteiger partial charge < -0.3 is 19.7 Å². The molecule has 2 fully saturated rings. The molecule has 28 heavy (non-hydrogen) atoms. The van der Waals surface area contributed by atoms with Gasteiger partial charge in [-0.2, -0.15) is 0 Å². The topological polar surface area (TPSA) is 93.1 Å². The minimum atomic E-state index is -0.527. The number of aliphatic hydroxyl groups is 2. The molecular formula is C22H32O6. The summed E-state index contributed by atoms with van der Waals surface area (Å²) in [7, 11) is 0. The van der Waals surface area contributed by atoms with E-state index in [4.69, 9.17) is 9.47 Å². The molecule has 2 N–H and O–H groups in total. The maximum atomic E-state index is 12.1. The number of allylic oxidation sites excluding steroid dienone is 1. The quantitative estimate of drug-likeness (QED) is 0.552. The monoisotopic (exact) mass is 392 g/mol. The Kier molecular flexibility index (Phi) is 5.74. The lowest BCUT2D eigenvalue weighted by Gasteiger charge is -2.60. The first-order valence-corrected chi connectivity index (χ1v) is 10.2. The van der Waals surface area contributed by atoms with Crippen molar-refractivity contribution >= 4 is 11.9 Å². The van der Waals surface area contributed by atoms with Crippen LogP contribution in [0, 0.1) is 22.7 Å². The lowest BCUT2D eigenvalue weighted by Crippen LogP contribution is -2.57. The van der Waals surface area contributed by atoms with Gasteiger partial charge in [0.1, 0.15) is 6.61 Å². The molecule has 156 valence electrons. The van der Waals surface area contributed by atoms with Crippen LogP contribution in [0.25, 0.3) is 0 Å². The Bertz CT molecular complexity index is 710. The Morgan fingerprint density at radius 2 is 2.07 bits per heavy atom. The summed E-state index contributed by atoms with van der Waals surface area (Å²) >= 11 is 0. The third kappa shape index (κ3) is 3.41. The van der Waals surface area contributed by atoms with Gasteiger partial charge in [-0.05, 0) is 55.8 Å². The van der Waals surface area contributed by atoms with Gasteiger partial charge in [0.05, 0.1) is 18.3 Å². The van der Waals surface area contributed by atoms with Gasteiger partial charge in [-0.3, -0.25) is 4.79 Å². The Balaban J connectivity index is 1.84. The zero-order chi connectivity index (χ0) is 20.7. The van der Waals surface area contributed by atoms with Crippen molar-refractivity contribution in [3.8, 4) is 0 Å². The van der Waals surface area contributed by atoms with Crippen LogP contribution < -0.4 is 0 Å². The smallest absolute Gasteiger partial charge is 0.338 e. The average molecular weight is 392 g/mol. The molecule has 0 bridgehead atoms. The van der Waals surface area contributed by atoms with Gasteiger partial charge in [-0.15, -0.1) is 0 Å². The zero-order valence-corrected chi connectivity index (χ0v) is 17.1. The molecule has 0 aromatic rings. The molecule has 0 spiro atoms. The van der Waals surface area contributed by atoms with E-state index in [0.29, 0.717) is 30.6 Å². The minimum Gasteiger partial charge on any atom is -0.454 e. The molecule has 1 heterocycles. The van der Waals surface area contributed by atoms with Crippen LogP contribution in [-0.2, 0) is 19.1 Å². The normalized spacial score (nSPS) is 38.2. The molecule has 3 rings (SSSR count). The van der Waals surface area contributed by atoms with E-state index in [1.807, 2.05) is 6.92 Å². The summed E-state index contributed by atoms with van der Waals surface area (Å²) in [5, 5.41) is 20.7. The van der Waals surface area contributed by atoms with Gasteiger partial charge in [-0.25, -0.2) is 4.79 Å². The summed E-state index contributed by atoms with van der Waals surface area (Å²) in [6.07, 6.45) is 3.93. The largest absolute Gasteiger partial charge is 0.454 e. The lowest BCUT2D eigenvalue weighted by atomic mass is 9.46. The summed E-state index contributed by atoms with van der Waals surface area (Å²) in [6.45, 7) is 9.82. The molecule has 2 saturated carbocycles. The van der Waals surface area contributed by atoms with Crippen LogP contribution in [-0.4, -0.2) is 41.5 Å². The number of carbonyl (C=O) groups is 2. The number of hydrogen-bond donors (Lipinski definition) is 2. The Morgan fingerprint density at radius 3 is 2.71 bits per heavy atom. The minimum absolute atomic E-state index is 0.00796. The van der Waals surface area contributed by atoms with Gasteiger partial charge >= 0.3 is 11.9 Å². The van der Waals surface area contributed by atoms with Crippen LogP contribution in [0.3, 0.4) is 0 Å². The van der Waals surface area contributed by atoms with Crippen LogP contribution in [0.15, 0.2) is 23.5 Å². The molecular weight excluding hydrogens is 360 g/mol. The predicted molar refractivity (Wildman–Crippen MR) is 103 cm³/mol. The molecule has 0 amide bonds. The van der Waals surface area contributed by atoms with E-state index in [1.165, 1.54) is 6.92 Å². The van der Waals surface area contributed by atoms with E-state index in [9.17, 15) is 19.8 Å². The van der Waals surface area contributed by atoms with Crippen LogP contribution in [0.5, 0.6) is 0 Å². The third-order valence-electron chi connectivity index (χ3n) is 7.56. The van der Waals surface area contributed by atoms with Crippen molar-refractivity contribution in [2.45, 2.75) is 65.4 Å². The fourth-order valence-corrected chi connectivity index (χ4v) is 5.95. The van der Waals surface area contributed by atoms with Crippen LogP contribution in [0.1, 0.15) is 59.3 Å². The number of carbonyl (C=O) groups excluding carboxylic acids is 2. The van der Waals surface area contributed by atoms with Gasteiger partial charge in [0.25, 0.3) is 0 Å². The second kappa shape index (κ2) is 7.64.